The van der Waals surface area contributed by atoms with E-state index in [2.05, 4.69) is 14.6 Å². The number of hydrogen-bond acceptors (Lipinski definition) is 3. The summed E-state index contributed by atoms with van der Waals surface area (Å²) in [7, 11) is 0. The van der Waals surface area contributed by atoms with Gasteiger partial charge in [-0.15, -0.1) is 10.2 Å². The molecule has 0 unspecified atom stereocenters. The Morgan fingerprint density at radius 2 is 1.81 bits per heavy atom. The van der Waals surface area contributed by atoms with E-state index in [9.17, 15) is 13.2 Å². The molecule has 0 spiro atoms. The molecule has 0 aliphatic carbocycles. The molecule has 4 nitrogen and oxygen atoms in total. The maximum atomic E-state index is 12.4. The van der Waals surface area contributed by atoms with E-state index in [0.717, 1.165) is 11.3 Å². The van der Waals surface area contributed by atoms with Crippen molar-refractivity contribution in [2.45, 2.75) is 13.1 Å². The molecule has 0 N–H and O–H groups in total. The van der Waals surface area contributed by atoms with E-state index in [4.69, 9.17) is 0 Å². The number of aromatic nitrogens is 3. The molecule has 0 fully saturated rings. The van der Waals surface area contributed by atoms with E-state index >= 15 is 0 Å². The standard InChI is InChI=1S/C14H10F3N3O/c1-9-8-10(4-5-11(9)20-6-2-3-7-20)12-18-19-13(21-12)14(15,16)17/h2-8H,1H3. The summed E-state index contributed by atoms with van der Waals surface area (Å²) in [5.74, 6) is -1.49. The summed E-state index contributed by atoms with van der Waals surface area (Å²) in [6.45, 7) is 1.86. The first kappa shape index (κ1) is 13.4. The highest BCUT2D eigenvalue weighted by atomic mass is 19.4. The zero-order chi connectivity index (χ0) is 15.0. The third kappa shape index (κ3) is 2.54. The van der Waals surface area contributed by atoms with Crippen molar-refractivity contribution in [3.05, 3.63) is 54.2 Å². The van der Waals surface area contributed by atoms with Gasteiger partial charge in [-0.3, -0.25) is 0 Å². The maximum absolute atomic E-state index is 12.4. The molecule has 2 aromatic heterocycles. The van der Waals surface area contributed by atoms with Crippen molar-refractivity contribution in [2.24, 2.45) is 0 Å². The van der Waals surface area contributed by atoms with Gasteiger partial charge >= 0.3 is 12.1 Å². The minimum Gasteiger partial charge on any atom is -0.413 e. The summed E-state index contributed by atoms with van der Waals surface area (Å²) in [5, 5.41) is 6.46. The zero-order valence-electron chi connectivity index (χ0n) is 10.9. The van der Waals surface area contributed by atoms with Crippen LogP contribution in [0.15, 0.2) is 47.1 Å². The van der Waals surface area contributed by atoms with Crippen LogP contribution in [0, 0.1) is 6.92 Å². The second kappa shape index (κ2) is 4.76. The van der Waals surface area contributed by atoms with Gasteiger partial charge in [0.2, 0.25) is 5.89 Å². The molecule has 0 amide bonds. The van der Waals surface area contributed by atoms with Crippen molar-refractivity contribution in [2.75, 3.05) is 0 Å². The fraction of sp³-hybridized carbons (Fsp3) is 0.143. The molecule has 1 aromatic carbocycles. The lowest BCUT2D eigenvalue weighted by Gasteiger charge is -2.08. The highest BCUT2D eigenvalue weighted by Gasteiger charge is 2.38. The fourth-order valence-corrected chi connectivity index (χ4v) is 2.03. The normalized spacial score (nSPS) is 11.8. The summed E-state index contributed by atoms with van der Waals surface area (Å²) < 4.78 is 43.9. The largest absolute Gasteiger partial charge is 0.470 e. The van der Waals surface area contributed by atoms with Crippen LogP contribution in [-0.4, -0.2) is 14.8 Å². The third-order valence-corrected chi connectivity index (χ3v) is 2.99. The third-order valence-electron chi connectivity index (χ3n) is 2.99. The highest BCUT2D eigenvalue weighted by Crippen LogP contribution is 2.31. The molecule has 0 saturated carbocycles. The minimum atomic E-state index is -4.63. The van der Waals surface area contributed by atoms with Crippen LogP contribution in [0.5, 0.6) is 0 Å². The quantitative estimate of drug-likeness (QED) is 0.720. The second-order valence-electron chi connectivity index (χ2n) is 4.50. The first-order valence-corrected chi connectivity index (χ1v) is 6.10. The summed E-state index contributed by atoms with van der Waals surface area (Å²) in [4.78, 5) is 0. The van der Waals surface area contributed by atoms with Gasteiger partial charge in [-0.05, 0) is 42.8 Å². The highest BCUT2D eigenvalue weighted by molar-refractivity contribution is 5.58. The molecule has 7 heteroatoms. The molecule has 0 saturated heterocycles. The number of aryl methyl sites for hydroxylation is 1. The number of benzene rings is 1. The Morgan fingerprint density at radius 1 is 1.10 bits per heavy atom. The van der Waals surface area contributed by atoms with Crippen molar-refractivity contribution in [3.8, 4) is 17.1 Å². The van der Waals surface area contributed by atoms with E-state index in [1.807, 2.05) is 36.0 Å². The van der Waals surface area contributed by atoms with E-state index in [-0.39, 0.29) is 5.89 Å². The Balaban J connectivity index is 1.97. The molecule has 108 valence electrons. The van der Waals surface area contributed by atoms with E-state index in [0.29, 0.717) is 5.56 Å². The van der Waals surface area contributed by atoms with Gasteiger partial charge in [-0.25, -0.2) is 0 Å². The van der Waals surface area contributed by atoms with E-state index in [1.165, 1.54) is 0 Å². The van der Waals surface area contributed by atoms with Gasteiger partial charge in [0, 0.05) is 23.6 Å². The molecule has 2 heterocycles. The van der Waals surface area contributed by atoms with Gasteiger partial charge in [0.15, 0.2) is 0 Å². The Hall–Kier alpha value is -2.57. The van der Waals surface area contributed by atoms with Crippen molar-refractivity contribution >= 4 is 0 Å². The van der Waals surface area contributed by atoms with Gasteiger partial charge < -0.3 is 8.98 Å². The lowest BCUT2D eigenvalue weighted by Crippen LogP contribution is -2.04. The number of nitrogens with zero attached hydrogens (tertiary/aromatic N) is 3. The first-order valence-electron chi connectivity index (χ1n) is 6.10. The van der Waals surface area contributed by atoms with Crippen LogP contribution in [0.4, 0.5) is 13.2 Å². The van der Waals surface area contributed by atoms with Crippen LogP contribution in [-0.2, 0) is 6.18 Å². The predicted molar refractivity (Wildman–Crippen MR) is 68.8 cm³/mol. The van der Waals surface area contributed by atoms with Gasteiger partial charge in [0.1, 0.15) is 0 Å². The maximum Gasteiger partial charge on any atom is 0.470 e. The fourth-order valence-electron chi connectivity index (χ4n) is 2.03. The van der Waals surface area contributed by atoms with Crippen molar-refractivity contribution < 1.29 is 17.6 Å². The molecule has 0 radical (unpaired) electrons. The number of alkyl halides is 3. The van der Waals surface area contributed by atoms with E-state index < -0.39 is 12.1 Å². The Morgan fingerprint density at radius 3 is 2.38 bits per heavy atom. The van der Waals surface area contributed by atoms with Gasteiger partial charge in [-0.2, -0.15) is 13.2 Å². The molecule has 3 rings (SSSR count). The van der Waals surface area contributed by atoms with Crippen molar-refractivity contribution in [1.82, 2.24) is 14.8 Å². The monoisotopic (exact) mass is 293 g/mol. The number of hydrogen-bond donors (Lipinski definition) is 0. The molecule has 21 heavy (non-hydrogen) atoms. The summed E-state index contributed by atoms with van der Waals surface area (Å²) in [6, 6.07) is 8.93. The lowest BCUT2D eigenvalue weighted by molar-refractivity contribution is -0.156. The first-order chi connectivity index (χ1) is 9.95. The predicted octanol–water partition coefficient (Wildman–Crippen LogP) is 3.85. The van der Waals surface area contributed by atoms with E-state index in [1.54, 1.807) is 18.2 Å². The molecule has 0 bridgehead atoms. The van der Waals surface area contributed by atoms with Crippen molar-refractivity contribution in [1.29, 1.82) is 0 Å². The average Bonchev–Trinajstić information content (AvgIpc) is 3.09. The Kier molecular flexibility index (Phi) is 3.04. The molecule has 3 aromatic rings. The zero-order valence-corrected chi connectivity index (χ0v) is 10.9. The van der Waals surface area contributed by atoms with Crippen LogP contribution >= 0.6 is 0 Å². The van der Waals surface area contributed by atoms with Gasteiger partial charge in [-0.1, -0.05) is 0 Å². The summed E-state index contributed by atoms with van der Waals surface area (Å²) in [6.07, 6.45) is -0.863. The topological polar surface area (TPSA) is 43.9 Å². The summed E-state index contributed by atoms with van der Waals surface area (Å²) in [5.41, 5.74) is 2.26. The van der Waals surface area contributed by atoms with Crippen LogP contribution in [0.25, 0.3) is 17.1 Å². The average molecular weight is 293 g/mol. The Bertz CT molecular complexity index is 760. The lowest BCUT2D eigenvalue weighted by atomic mass is 10.1. The van der Waals surface area contributed by atoms with Gasteiger partial charge in [0.05, 0.1) is 0 Å². The second-order valence-corrected chi connectivity index (χ2v) is 4.50. The molecule has 0 atom stereocenters. The van der Waals surface area contributed by atoms with Crippen LogP contribution in [0.2, 0.25) is 0 Å². The molecule has 0 aliphatic heterocycles. The van der Waals surface area contributed by atoms with Gasteiger partial charge in [0.25, 0.3) is 0 Å². The smallest absolute Gasteiger partial charge is 0.413 e. The van der Waals surface area contributed by atoms with Crippen LogP contribution in [0.3, 0.4) is 0 Å². The molecular weight excluding hydrogens is 283 g/mol. The van der Waals surface area contributed by atoms with Crippen molar-refractivity contribution in [3.63, 3.8) is 0 Å². The summed E-state index contributed by atoms with van der Waals surface area (Å²) >= 11 is 0. The minimum absolute atomic E-state index is 0.149. The SMILES string of the molecule is Cc1cc(-c2nnc(C(F)(F)F)o2)ccc1-n1cccc1. The van der Waals surface area contributed by atoms with Crippen LogP contribution in [0.1, 0.15) is 11.5 Å². The molecule has 0 aliphatic rings. The van der Waals surface area contributed by atoms with Crippen LogP contribution < -0.4 is 0 Å². The number of rotatable bonds is 2. The Labute approximate surface area is 117 Å². The number of halogens is 3. The molecular formula is C14H10F3N3O.